The van der Waals surface area contributed by atoms with Crippen LogP contribution in [0.4, 0.5) is 0 Å². The Labute approximate surface area is 127 Å². The maximum Gasteiger partial charge on any atom is 0.225 e. The molecule has 0 bridgehead atoms. The third-order valence-electron chi connectivity index (χ3n) is 5.34. The first-order valence-electron chi connectivity index (χ1n) is 8.24. The average Bonchev–Trinajstić information content (AvgIpc) is 2.57. The molecule has 3 rings (SSSR count). The topological polar surface area (TPSA) is 32.3 Å². The normalized spacial score (nSPS) is 23.0. The number of carbonyl (C=O) groups is 1. The number of benzene rings is 1. The molecule has 1 amide bonds. The highest BCUT2D eigenvalue weighted by molar-refractivity contribution is 5.79. The molecule has 1 N–H and O–H groups in total. The van der Waals surface area contributed by atoms with E-state index >= 15 is 0 Å². The van der Waals surface area contributed by atoms with Crippen LogP contribution in [0.15, 0.2) is 30.3 Å². The minimum atomic E-state index is 0.228. The van der Waals surface area contributed by atoms with E-state index in [0.29, 0.717) is 5.91 Å². The molecule has 2 fully saturated rings. The van der Waals surface area contributed by atoms with Crippen molar-refractivity contribution in [2.75, 3.05) is 26.2 Å². The summed E-state index contributed by atoms with van der Waals surface area (Å²) < 4.78 is 0. The molecular formula is C18H26N2O. The first-order valence-corrected chi connectivity index (χ1v) is 8.24. The van der Waals surface area contributed by atoms with Gasteiger partial charge in [-0.25, -0.2) is 0 Å². The summed E-state index contributed by atoms with van der Waals surface area (Å²) in [7, 11) is 0. The molecule has 1 aromatic carbocycles. The summed E-state index contributed by atoms with van der Waals surface area (Å²) in [6, 6.07) is 10.8. The van der Waals surface area contributed by atoms with Crippen molar-refractivity contribution in [1.29, 1.82) is 0 Å². The summed E-state index contributed by atoms with van der Waals surface area (Å²) >= 11 is 0. The van der Waals surface area contributed by atoms with Crippen molar-refractivity contribution in [3.8, 4) is 0 Å². The summed E-state index contributed by atoms with van der Waals surface area (Å²) in [6.07, 6.45) is 4.16. The van der Waals surface area contributed by atoms with Gasteiger partial charge in [-0.1, -0.05) is 37.3 Å². The van der Waals surface area contributed by atoms with Gasteiger partial charge < -0.3 is 10.2 Å². The molecule has 0 aromatic heterocycles. The number of carbonyl (C=O) groups excluding carboxylic acids is 1. The number of piperidine rings is 2. The Balaban J connectivity index is 1.61. The molecular weight excluding hydrogens is 260 g/mol. The molecule has 2 aliphatic heterocycles. The average molecular weight is 286 g/mol. The Bertz CT molecular complexity index is 471. The van der Waals surface area contributed by atoms with E-state index < -0.39 is 0 Å². The van der Waals surface area contributed by atoms with Crippen LogP contribution < -0.4 is 5.32 Å². The van der Waals surface area contributed by atoms with Gasteiger partial charge in [-0.15, -0.1) is 0 Å². The first kappa shape index (κ1) is 14.6. The third-order valence-corrected chi connectivity index (χ3v) is 5.34. The molecule has 114 valence electrons. The monoisotopic (exact) mass is 286 g/mol. The van der Waals surface area contributed by atoms with Crippen LogP contribution in [0.1, 0.15) is 38.2 Å². The number of hydrogen-bond donors (Lipinski definition) is 1. The molecule has 0 aliphatic carbocycles. The summed E-state index contributed by atoms with van der Waals surface area (Å²) in [6.45, 7) is 6.15. The summed E-state index contributed by atoms with van der Waals surface area (Å²) in [5.74, 6) is 0.652. The zero-order valence-electron chi connectivity index (χ0n) is 13.0. The van der Waals surface area contributed by atoms with Gasteiger partial charge in [0.05, 0.1) is 0 Å². The van der Waals surface area contributed by atoms with E-state index in [4.69, 9.17) is 0 Å². The van der Waals surface area contributed by atoms with E-state index in [1.165, 1.54) is 5.56 Å². The number of nitrogens with zero attached hydrogens (tertiary/aromatic N) is 1. The highest BCUT2D eigenvalue weighted by atomic mass is 16.2. The number of amides is 1. The van der Waals surface area contributed by atoms with Crippen LogP contribution >= 0.6 is 0 Å². The lowest BCUT2D eigenvalue weighted by atomic mass is 9.74. The Kier molecular flexibility index (Phi) is 4.29. The molecule has 0 atom stereocenters. The molecule has 1 aromatic rings. The second-order valence-electron chi connectivity index (χ2n) is 6.78. The van der Waals surface area contributed by atoms with Crippen LogP contribution in [-0.2, 0) is 10.2 Å². The number of hydrogen-bond acceptors (Lipinski definition) is 2. The van der Waals surface area contributed by atoms with Crippen LogP contribution in [0.3, 0.4) is 0 Å². The third kappa shape index (κ3) is 3.13. The van der Waals surface area contributed by atoms with Crippen molar-refractivity contribution in [2.24, 2.45) is 5.92 Å². The van der Waals surface area contributed by atoms with Crippen molar-refractivity contribution in [3.63, 3.8) is 0 Å². The SMILES string of the molecule is CC1(c2ccccc2)CCN(C(=O)C2CCNCC2)CC1. The minimum absolute atomic E-state index is 0.228. The minimum Gasteiger partial charge on any atom is -0.342 e. The van der Waals surface area contributed by atoms with Crippen molar-refractivity contribution in [1.82, 2.24) is 10.2 Å². The van der Waals surface area contributed by atoms with Crippen molar-refractivity contribution in [3.05, 3.63) is 35.9 Å². The zero-order chi connectivity index (χ0) is 14.7. The maximum absolute atomic E-state index is 12.6. The molecule has 0 spiro atoms. The fourth-order valence-electron chi connectivity index (χ4n) is 3.68. The number of rotatable bonds is 2. The van der Waals surface area contributed by atoms with Crippen LogP contribution in [0, 0.1) is 5.92 Å². The quantitative estimate of drug-likeness (QED) is 0.906. The van der Waals surface area contributed by atoms with E-state index in [0.717, 1.165) is 51.9 Å². The van der Waals surface area contributed by atoms with Crippen molar-refractivity contribution >= 4 is 5.91 Å². The molecule has 3 nitrogen and oxygen atoms in total. The van der Waals surface area contributed by atoms with Crippen LogP contribution in [0.2, 0.25) is 0 Å². The smallest absolute Gasteiger partial charge is 0.225 e. The summed E-state index contributed by atoms with van der Waals surface area (Å²) in [5.41, 5.74) is 1.64. The van der Waals surface area contributed by atoms with Crippen LogP contribution in [0.25, 0.3) is 0 Å². The van der Waals surface area contributed by atoms with Crippen LogP contribution in [0.5, 0.6) is 0 Å². The van der Waals surface area contributed by atoms with Gasteiger partial charge in [0.25, 0.3) is 0 Å². The Hall–Kier alpha value is -1.35. The fraction of sp³-hybridized carbons (Fsp3) is 0.611. The van der Waals surface area contributed by atoms with E-state index in [2.05, 4.69) is 47.5 Å². The predicted molar refractivity (Wildman–Crippen MR) is 85.2 cm³/mol. The molecule has 2 saturated heterocycles. The van der Waals surface area contributed by atoms with Crippen molar-refractivity contribution in [2.45, 2.75) is 38.0 Å². The van der Waals surface area contributed by atoms with Crippen molar-refractivity contribution < 1.29 is 4.79 Å². The van der Waals surface area contributed by atoms with E-state index in [9.17, 15) is 4.79 Å². The van der Waals surface area contributed by atoms with Crippen LogP contribution in [-0.4, -0.2) is 37.0 Å². The first-order chi connectivity index (χ1) is 10.2. The molecule has 21 heavy (non-hydrogen) atoms. The molecule has 2 aliphatic rings. The highest BCUT2D eigenvalue weighted by Crippen LogP contribution is 2.35. The van der Waals surface area contributed by atoms with Gasteiger partial charge in [-0.3, -0.25) is 4.79 Å². The standard InChI is InChI=1S/C18H26N2O/c1-18(16-5-3-2-4-6-16)9-13-20(14-10-18)17(21)15-7-11-19-12-8-15/h2-6,15,19H,7-14H2,1H3. The van der Waals surface area contributed by atoms with Gasteiger partial charge in [-0.05, 0) is 49.8 Å². The number of likely N-dealkylation sites (tertiary alicyclic amines) is 1. The lowest BCUT2D eigenvalue weighted by Crippen LogP contribution is -2.47. The molecule has 0 unspecified atom stereocenters. The lowest BCUT2D eigenvalue weighted by molar-refractivity contribution is -0.137. The van der Waals surface area contributed by atoms with E-state index in [1.54, 1.807) is 0 Å². The molecule has 0 radical (unpaired) electrons. The lowest BCUT2D eigenvalue weighted by Gasteiger charge is -2.41. The van der Waals surface area contributed by atoms with Gasteiger partial charge in [0.15, 0.2) is 0 Å². The summed E-state index contributed by atoms with van der Waals surface area (Å²) in [5, 5.41) is 3.34. The fourth-order valence-corrected chi connectivity index (χ4v) is 3.68. The molecule has 3 heteroatoms. The van der Waals surface area contributed by atoms with E-state index in [-0.39, 0.29) is 11.3 Å². The Morgan fingerprint density at radius 3 is 2.38 bits per heavy atom. The second kappa shape index (κ2) is 6.18. The Morgan fingerprint density at radius 1 is 1.14 bits per heavy atom. The van der Waals surface area contributed by atoms with Gasteiger partial charge in [0.1, 0.15) is 0 Å². The largest absolute Gasteiger partial charge is 0.342 e. The highest BCUT2D eigenvalue weighted by Gasteiger charge is 2.35. The predicted octanol–water partition coefficient (Wildman–Crippen LogP) is 2.57. The maximum atomic E-state index is 12.6. The summed E-state index contributed by atoms with van der Waals surface area (Å²) in [4.78, 5) is 14.7. The Morgan fingerprint density at radius 2 is 1.76 bits per heavy atom. The number of nitrogens with one attached hydrogen (secondary N) is 1. The van der Waals surface area contributed by atoms with Gasteiger partial charge in [-0.2, -0.15) is 0 Å². The van der Waals surface area contributed by atoms with E-state index in [1.807, 2.05) is 0 Å². The van der Waals surface area contributed by atoms with Gasteiger partial charge >= 0.3 is 0 Å². The van der Waals surface area contributed by atoms with Gasteiger partial charge in [0.2, 0.25) is 5.91 Å². The zero-order valence-corrected chi connectivity index (χ0v) is 13.0. The molecule has 0 saturated carbocycles. The van der Waals surface area contributed by atoms with Gasteiger partial charge in [0, 0.05) is 19.0 Å². The second-order valence-corrected chi connectivity index (χ2v) is 6.78. The molecule has 2 heterocycles.